The van der Waals surface area contributed by atoms with Gasteiger partial charge >= 0.3 is 4.87 Å². The fourth-order valence-electron chi connectivity index (χ4n) is 1.12. The summed E-state index contributed by atoms with van der Waals surface area (Å²) in [5.74, 6) is 0. The minimum absolute atomic E-state index is 0.101. The molecule has 0 fully saturated rings. The van der Waals surface area contributed by atoms with Crippen molar-refractivity contribution >= 4 is 34.5 Å². The van der Waals surface area contributed by atoms with Crippen LogP contribution in [0.15, 0.2) is 28.4 Å². The second-order valence-corrected chi connectivity index (χ2v) is 4.29. The van der Waals surface area contributed by atoms with Crippen molar-refractivity contribution in [2.45, 2.75) is 0 Å². The van der Waals surface area contributed by atoms with Crippen LogP contribution in [-0.2, 0) is 0 Å². The zero-order valence-corrected chi connectivity index (χ0v) is 9.21. The number of H-pyrrole nitrogens is 1. The SMILES string of the molecule is O=c1[nH]c(-c2cccc(Cl)c2Cl)cs1. The van der Waals surface area contributed by atoms with Gasteiger partial charge in [-0.2, -0.15) is 0 Å². The predicted octanol–water partition coefficient (Wildman–Crippen LogP) is 3.41. The van der Waals surface area contributed by atoms with Crippen molar-refractivity contribution in [2.75, 3.05) is 0 Å². The zero-order valence-electron chi connectivity index (χ0n) is 6.88. The van der Waals surface area contributed by atoms with Gasteiger partial charge < -0.3 is 4.98 Å². The summed E-state index contributed by atoms with van der Waals surface area (Å²) >= 11 is 12.9. The lowest BCUT2D eigenvalue weighted by Gasteiger charge is -2.01. The highest BCUT2D eigenvalue weighted by atomic mass is 35.5. The van der Waals surface area contributed by atoms with E-state index in [2.05, 4.69) is 4.98 Å². The fourth-order valence-corrected chi connectivity index (χ4v) is 2.11. The van der Waals surface area contributed by atoms with Crippen molar-refractivity contribution < 1.29 is 0 Å². The lowest BCUT2D eigenvalue weighted by molar-refractivity contribution is 1.34. The molecule has 0 amide bonds. The Labute approximate surface area is 94.1 Å². The first-order valence-electron chi connectivity index (χ1n) is 3.80. The van der Waals surface area contributed by atoms with Crippen LogP contribution in [0, 0.1) is 0 Å². The average molecular weight is 246 g/mol. The first-order valence-corrected chi connectivity index (χ1v) is 5.44. The van der Waals surface area contributed by atoms with Crippen molar-refractivity contribution in [3.8, 4) is 11.3 Å². The number of hydrogen-bond donors (Lipinski definition) is 1. The standard InChI is InChI=1S/C9H5Cl2NOS/c10-6-3-1-2-5(8(6)11)7-4-14-9(13)12-7/h1-4H,(H,12,13). The second kappa shape index (κ2) is 3.77. The number of aromatic amines is 1. The highest BCUT2D eigenvalue weighted by Gasteiger charge is 2.07. The summed E-state index contributed by atoms with van der Waals surface area (Å²) in [6.07, 6.45) is 0. The molecule has 2 rings (SSSR count). The van der Waals surface area contributed by atoms with Gasteiger partial charge in [-0.25, -0.2) is 0 Å². The molecule has 14 heavy (non-hydrogen) atoms. The number of nitrogens with one attached hydrogen (secondary N) is 1. The van der Waals surface area contributed by atoms with E-state index in [9.17, 15) is 4.79 Å². The van der Waals surface area contributed by atoms with Crippen molar-refractivity contribution in [3.05, 3.63) is 43.3 Å². The molecule has 0 unspecified atom stereocenters. The first kappa shape index (κ1) is 9.77. The molecule has 72 valence electrons. The fraction of sp³-hybridized carbons (Fsp3) is 0. The Morgan fingerprint density at radius 3 is 2.71 bits per heavy atom. The van der Waals surface area contributed by atoms with E-state index in [4.69, 9.17) is 23.2 Å². The largest absolute Gasteiger partial charge is 0.312 e. The molecule has 0 saturated heterocycles. The third-order valence-corrected chi connectivity index (χ3v) is 3.25. The lowest BCUT2D eigenvalue weighted by atomic mass is 10.2. The van der Waals surface area contributed by atoms with E-state index < -0.39 is 0 Å². The van der Waals surface area contributed by atoms with Gasteiger partial charge in [-0.05, 0) is 6.07 Å². The van der Waals surface area contributed by atoms with Gasteiger partial charge in [0.25, 0.3) is 0 Å². The molecule has 2 nitrogen and oxygen atoms in total. The Kier molecular flexibility index (Phi) is 2.63. The van der Waals surface area contributed by atoms with Gasteiger partial charge in [-0.1, -0.05) is 46.7 Å². The van der Waals surface area contributed by atoms with Crippen molar-refractivity contribution in [1.82, 2.24) is 4.98 Å². The third kappa shape index (κ3) is 1.71. The maximum absolute atomic E-state index is 10.9. The molecule has 1 aromatic heterocycles. The molecule has 1 N–H and O–H groups in total. The molecular weight excluding hydrogens is 241 g/mol. The van der Waals surface area contributed by atoms with Gasteiger partial charge in [-0.3, -0.25) is 4.79 Å². The highest BCUT2D eigenvalue weighted by Crippen LogP contribution is 2.32. The summed E-state index contributed by atoms with van der Waals surface area (Å²) in [5.41, 5.74) is 1.45. The van der Waals surface area contributed by atoms with E-state index in [1.807, 2.05) is 6.07 Å². The summed E-state index contributed by atoms with van der Waals surface area (Å²) in [6, 6.07) is 5.31. The molecule has 0 spiro atoms. The van der Waals surface area contributed by atoms with Gasteiger partial charge in [0.1, 0.15) is 0 Å². The van der Waals surface area contributed by atoms with Crippen molar-refractivity contribution in [2.24, 2.45) is 0 Å². The van der Waals surface area contributed by atoms with E-state index in [1.165, 1.54) is 0 Å². The van der Waals surface area contributed by atoms with Gasteiger partial charge in [0.15, 0.2) is 0 Å². The van der Waals surface area contributed by atoms with E-state index in [-0.39, 0.29) is 4.87 Å². The molecule has 0 bridgehead atoms. The Morgan fingerprint density at radius 1 is 1.29 bits per heavy atom. The molecule has 0 aliphatic rings. The van der Waals surface area contributed by atoms with Crippen LogP contribution >= 0.6 is 34.5 Å². The van der Waals surface area contributed by atoms with Crippen LogP contribution in [0.25, 0.3) is 11.3 Å². The average Bonchev–Trinajstić information content (AvgIpc) is 2.57. The van der Waals surface area contributed by atoms with Gasteiger partial charge in [0, 0.05) is 10.9 Å². The topological polar surface area (TPSA) is 32.9 Å². The first-order chi connectivity index (χ1) is 6.68. The smallest absolute Gasteiger partial charge is 0.304 e. The molecule has 0 radical (unpaired) electrons. The van der Waals surface area contributed by atoms with Crippen molar-refractivity contribution in [3.63, 3.8) is 0 Å². The number of aromatic nitrogens is 1. The summed E-state index contributed by atoms with van der Waals surface area (Å²) in [7, 11) is 0. The number of benzene rings is 1. The van der Waals surface area contributed by atoms with E-state index >= 15 is 0 Å². The van der Waals surface area contributed by atoms with Gasteiger partial charge in [0.2, 0.25) is 0 Å². The van der Waals surface area contributed by atoms with Crippen LogP contribution < -0.4 is 4.87 Å². The maximum atomic E-state index is 10.9. The Bertz CT molecular complexity index is 518. The Balaban J connectivity index is 2.62. The molecule has 2 aromatic rings. The quantitative estimate of drug-likeness (QED) is 0.821. The third-order valence-electron chi connectivity index (χ3n) is 1.76. The summed E-state index contributed by atoms with van der Waals surface area (Å²) in [4.78, 5) is 13.5. The van der Waals surface area contributed by atoms with E-state index in [1.54, 1.807) is 17.5 Å². The van der Waals surface area contributed by atoms with Crippen LogP contribution in [0.1, 0.15) is 0 Å². The normalized spacial score (nSPS) is 10.4. The van der Waals surface area contributed by atoms with Gasteiger partial charge in [-0.15, -0.1) is 0 Å². The zero-order chi connectivity index (χ0) is 10.1. The van der Waals surface area contributed by atoms with Crippen LogP contribution in [0.5, 0.6) is 0 Å². The number of rotatable bonds is 1. The number of halogens is 2. The van der Waals surface area contributed by atoms with E-state index in [0.717, 1.165) is 16.9 Å². The molecule has 1 heterocycles. The van der Waals surface area contributed by atoms with Gasteiger partial charge in [0.05, 0.1) is 15.7 Å². The molecule has 0 saturated carbocycles. The minimum atomic E-state index is -0.101. The summed E-state index contributed by atoms with van der Waals surface area (Å²) in [5, 5.41) is 2.67. The summed E-state index contributed by atoms with van der Waals surface area (Å²) in [6.45, 7) is 0. The molecule has 0 aliphatic heterocycles. The molecule has 1 aromatic carbocycles. The highest BCUT2D eigenvalue weighted by molar-refractivity contribution is 7.07. The van der Waals surface area contributed by atoms with Crippen molar-refractivity contribution in [1.29, 1.82) is 0 Å². The van der Waals surface area contributed by atoms with Crippen LogP contribution in [0.3, 0.4) is 0 Å². The molecular formula is C9H5Cl2NOS. The van der Waals surface area contributed by atoms with E-state index in [0.29, 0.717) is 15.7 Å². The lowest BCUT2D eigenvalue weighted by Crippen LogP contribution is -1.92. The molecule has 0 atom stereocenters. The Hall–Kier alpha value is -0.770. The number of hydrogen-bond acceptors (Lipinski definition) is 2. The van der Waals surface area contributed by atoms with Crippen LogP contribution in [-0.4, -0.2) is 4.98 Å². The molecule has 5 heteroatoms. The van der Waals surface area contributed by atoms with Crippen LogP contribution in [0.4, 0.5) is 0 Å². The minimum Gasteiger partial charge on any atom is -0.312 e. The number of thiazole rings is 1. The molecule has 0 aliphatic carbocycles. The maximum Gasteiger partial charge on any atom is 0.304 e. The van der Waals surface area contributed by atoms with Crippen LogP contribution in [0.2, 0.25) is 10.0 Å². The second-order valence-electron chi connectivity index (χ2n) is 2.66. The predicted molar refractivity (Wildman–Crippen MR) is 60.4 cm³/mol. The monoisotopic (exact) mass is 245 g/mol. The Morgan fingerprint density at radius 2 is 2.07 bits per heavy atom. The summed E-state index contributed by atoms with van der Waals surface area (Å²) < 4.78 is 0.